The molecule has 0 aliphatic carbocycles. The normalized spacial score (nSPS) is 14.5. The van der Waals surface area contributed by atoms with E-state index in [0.29, 0.717) is 0 Å². The van der Waals surface area contributed by atoms with E-state index in [1.54, 1.807) is 0 Å². The van der Waals surface area contributed by atoms with E-state index >= 15 is 0 Å². The molecule has 0 radical (unpaired) electrons. The van der Waals surface area contributed by atoms with Gasteiger partial charge in [-0.1, -0.05) is 0 Å². The molecule has 0 N–H and O–H groups in total. The van der Waals surface area contributed by atoms with Crippen LogP contribution in [0.25, 0.3) is 0 Å². The molecule has 0 spiro atoms. The van der Waals surface area contributed by atoms with E-state index in [0.717, 1.165) is 0 Å². The van der Waals surface area contributed by atoms with Crippen LogP contribution in [0.5, 0.6) is 0 Å². The minimum absolute atomic E-state index is 3.26. The van der Waals surface area contributed by atoms with Crippen molar-refractivity contribution in [2.45, 2.75) is 0 Å². The molecule has 0 aliphatic rings. The summed E-state index contributed by atoms with van der Waals surface area (Å²) in [5.74, 6) is 0. The topological polar surface area (TPSA) is 259 Å². The molecule has 0 amide bonds. The Kier molecular flexibility index (Phi) is 2.70. The average molecular weight is 335 g/mol. The van der Waals surface area contributed by atoms with Crippen LogP contribution < -0.4 is 0 Å². The third-order valence-electron chi connectivity index (χ3n) is 1.63. The Labute approximate surface area is 97.2 Å². The summed E-state index contributed by atoms with van der Waals surface area (Å²) in [6, 6.07) is 0. The van der Waals surface area contributed by atoms with E-state index in [4.69, 9.17) is 0 Å². The van der Waals surface area contributed by atoms with Gasteiger partial charge < -0.3 is 0 Å². The first-order valence-electron chi connectivity index (χ1n) is 3.09. The molecule has 19 heteroatoms. The van der Waals surface area contributed by atoms with Crippen LogP contribution in [-0.2, 0) is 11.8 Å². The molecule has 0 aromatic carbocycles. The fourth-order valence-electron chi connectivity index (χ4n) is 0.667. The molecule has 0 saturated heterocycles. The van der Waals surface area contributed by atoms with Gasteiger partial charge in [-0.15, -0.1) is 0 Å². The Morgan fingerprint density at radius 1 is 0.421 bits per heavy atom. The summed E-state index contributed by atoms with van der Waals surface area (Å²) < 4.78 is -19.6. The Hall–Kier alpha value is -3.09. The molecule has 0 unspecified atom stereocenters. The van der Waals surface area contributed by atoms with Crippen LogP contribution in [0.3, 0.4) is 0 Å². The van der Waals surface area contributed by atoms with E-state index < -0.39 is 35.7 Å². The summed E-state index contributed by atoms with van der Waals surface area (Å²) in [7, 11) is 0. The van der Waals surface area contributed by atoms with Crippen molar-refractivity contribution < 1.29 is 35.7 Å². The summed E-state index contributed by atoms with van der Waals surface area (Å²) in [6.07, 6.45) is 0. The van der Waals surface area contributed by atoms with Gasteiger partial charge >= 0.3 is 96.3 Å². The van der Waals surface area contributed by atoms with Crippen molar-refractivity contribution >= 4 is 0 Å². The standard InChI is InChI=1S/Co.6NO2/c;6*2-1-3. The van der Waals surface area contributed by atoms with E-state index in [9.17, 15) is 60.7 Å². The SMILES string of the molecule is O=[N+]([O-])[Co]([N+](=O)[O-])([N+](=O)[O-])([N+](=O)[O-])([N+](=O)[O-])[N+](=O)[O-]. The van der Waals surface area contributed by atoms with Crippen LogP contribution >= 0.6 is 0 Å². The molecule has 0 aromatic heterocycles. The molecule has 0 fully saturated rings. The fraction of sp³-hybridized carbons (Fsp3) is 0. The number of nitrogens with zero attached hydrogens (tertiary/aromatic N) is 6. The van der Waals surface area contributed by atoms with Crippen molar-refractivity contribution in [3.05, 3.63) is 60.7 Å². The van der Waals surface area contributed by atoms with Gasteiger partial charge in [0.05, 0.1) is 0 Å². The van der Waals surface area contributed by atoms with Gasteiger partial charge in [0.1, 0.15) is 0 Å². The predicted octanol–water partition coefficient (Wildman–Crippen LogP) is -1.64. The van der Waals surface area contributed by atoms with Crippen molar-refractivity contribution in [3.63, 3.8) is 0 Å². The quantitative estimate of drug-likeness (QED) is 0.390. The van der Waals surface area contributed by atoms with E-state index in [1.165, 1.54) is 0 Å². The van der Waals surface area contributed by atoms with E-state index in [2.05, 4.69) is 0 Å². The molecular formula is CoN6O12. The first kappa shape index (κ1) is 15.9. The average Bonchev–Trinajstić information content (AvgIpc) is 2.15. The van der Waals surface area contributed by atoms with E-state index in [1.807, 2.05) is 0 Å². The third kappa shape index (κ3) is 0.767. The van der Waals surface area contributed by atoms with Crippen LogP contribution in [0.15, 0.2) is 0 Å². The maximum absolute atomic E-state index is 10.5. The zero-order valence-electron chi connectivity index (χ0n) is 7.92. The zero-order chi connectivity index (χ0) is 15.9. The molecule has 0 atom stereocenters. The summed E-state index contributed by atoms with van der Waals surface area (Å²) in [4.78, 5) is 63.2. The first-order chi connectivity index (χ1) is 8.34. The maximum atomic E-state index is 10.5. The van der Waals surface area contributed by atoms with Gasteiger partial charge in [0.2, 0.25) is 0 Å². The van der Waals surface area contributed by atoms with Gasteiger partial charge in [0, 0.05) is 0 Å². The Morgan fingerprint density at radius 2 is 0.526 bits per heavy atom. The van der Waals surface area contributed by atoms with Gasteiger partial charge in [-0.3, -0.25) is 0 Å². The number of rotatable bonds is 6. The van der Waals surface area contributed by atoms with Crippen LogP contribution in [0.4, 0.5) is 0 Å². The monoisotopic (exact) mass is 335 g/mol. The summed E-state index contributed by atoms with van der Waals surface area (Å²) in [5, 5.41) is 63.2. The van der Waals surface area contributed by atoms with Crippen LogP contribution in [0.1, 0.15) is 0 Å². The van der Waals surface area contributed by atoms with Crippen molar-refractivity contribution in [2.75, 3.05) is 0 Å². The van der Waals surface area contributed by atoms with Crippen molar-refractivity contribution in [1.82, 2.24) is 0 Å². The van der Waals surface area contributed by atoms with Gasteiger partial charge in [-0.2, -0.15) is 0 Å². The third-order valence-corrected chi connectivity index (χ3v) is 6.73. The number of hydrogen-bond donors (Lipinski definition) is 0. The zero-order valence-corrected chi connectivity index (χ0v) is 8.96. The molecule has 0 aliphatic heterocycles. The van der Waals surface area contributed by atoms with Gasteiger partial charge in [-0.25, -0.2) is 0 Å². The molecule has 0 bridgehead atoms. The Morgan fingerprint density at radius 3 is 0.526 bits per heavy atom. The number of nitro groups is 6. The van der Waals surface area contributed by atoms with Crippen LogP contribution in [0.2, 0.25) is 0 Å². The summed E-state index contributed by atoms with van der Waals surface area (Å²) in [5.41, 5.74) is 0. The van der Waals surface area contributed by atoms with Crippen LogP contribution in [0, 0.1) is 60.7 Å². The summed E-state index contributed by atoms with van der Waals surface area (Å²) in [6.45, 7) is 0. The number of hydrogen-bond acceptors (Lipinski definition) is 12. The molecule has 0 rings (SSSR count). The van der Waals surface area contributed by atoms with E-state index in [-0.39, 0.29) is 0 Å². The van der Waals surface area contributed by atoms with Crippen molar-refractivity contribution in [3.8, 4) is 0 Å². The Balaban J connectivity index is 8.00. The fourth-order valence-corrected chi connectivity index (χ4v) is 2.75. The van der Waals surface area contributed by atoms with Gasteiger partial charge in [-0.05, 0) is 0 Å². The Bertz CT molecular complexity index is 425. The predicted molar refractivity (Wildman–Crippen MR) is 42.0 cm³/mol. The second-order valence-electron chi connectivity index (χ2n) is 2.18. The molecular weight excluding hydrogens is 335 g/mol. The second-order valence-corrected chi connectivity index (χ2v) is 7.58. The molecule has 18 nitrogen and oxygen atoms in total. The second kappa shape index (κ2) is 3.22. The molecule has 111 valence electrons. The summed E-state index contributed by atoms with van der Waals surface area (Å²) >= 11 is -10.3. The minimum atomic E-state index is -10.3. The van der Waals surface area contributed by atoms with Crippen molar-refractivity contribution in [1.29, 1.82) is 0 Å². The van der Waals surface area contributed by atoms with Gasteiger partial charge in [0.25, 0.3) is 0 Å². The first-order valence-corrected chi connectivity index (χ1v) is 5.88. The molecule has 19 heavy (non-hydrogen) atoms. The molecule has 0 saturated carbocycles. The van der Waals surface area contributed by atoms with Crippen LogP contribution in [-0.4, -0.2) is 23.8 Å². The molecule has 0 aromatic rings. The van der Waals surface area contributed by atoms with Gasteiger partial charge in [0.15, 0.2) is 0 Å². The molecule has 0 heterocycles. The van der Waals surface area contributed by atoms with Crippen molar-refractivity contribution in [2.24, 2.45) is 0 Å².